The molecule has 0 atom stereocenters. The predicted molar refractivity (Wildman–Crippen MR) is 105 cm³/mol. The van der Waals surface area contributed by atoms with Gasteiger partial charge in [-0.05, 0) is 48.9 Å². The van der Waals surface area contributed by atoms with Gasteiger partial charge in [0.15, 0.2) is 0 Å². The monoisotopic (exact) mass is 422 g/mol. The topological polar surface area (TPSA) is 114 Å². The molecule has 0 saturated heterocycles. The Labute approximate surface area is 162 Å². The summed E-state index contributed by atoms with van der Waals surface area (Å²) in [7, 11) is -4.91. The van der Waals surface area contributed by atoms with Crippen LogP contribution in [0.15, 0.2) is 67.5 Å². The maximum atomic E-state index is 12.7. The summed E-state index contributed by atoms with van der Waals surface area (Å²) in [5.74, 6) is 0. The Hall–Kier alpha value is -2.69. The maximum absolute atomic E-state index is 12.7. The summed E-state index contributed by atoms with van der Waals surface area (Å²) in [6.45, 7) is 1.63. The van der Waals surface area contributed by atoms with E-state index in [1.165, 1.54) is 62.6 Å². The number of hydrogen-bond donors (Lipinski definition) is 1. The molecule has 1 N–H and O–H groups in total. The van der Waals surface area contributed by atoms with E-state index in [0.717, 1.165) is 4.31 Å². The van der Waals surface area contributed by atoms with Crippen molar-refractivity contribution < 1.29 is 21.3 Å². The van der Waals surface area contributed by atoms with E-state index in [9.17, 15) is 21.6 Å². The molecule has 3 rings (SSSR count). The van der Waals surface area contributed by atoms with Crippen LogP contribution in [0.2, 0.25) is 0 Å². The van der Waals surface area contributed by atoms with Gasteiger partial charge in [0.2, 0.25) is 10.0 Å². The van der Waals surface area contributed by atoms with Crippen molar-refractivity contribution in [3.05, 3.63) is 64.5 Å². The molecule has 0 fully saturated rings. The smallest absolute Gasteiger partial charge is 0.336 e. The molecule has 0 saturated carbocycles. The van der Waals surface area contributed by atoms with Crippen LogP contribution in [0.5, 0.6) is 0 Å². The summed E-state index contributed by atoms with van der Waals surface area (Å²) in [5, 5.41) is 0.447. The third-order valence-electron chi connectivity index (χ3n) is 4.10. The number of fused-ring (bicyclic) bond motifs is 1. The molecule has 28 heavy (non-hydrogen) atoms. The van der Waals surface area contributed by atoms with Gasteiger partial charge >= 0.3 is 5.63 Å². The van der Waals surface area contributed by atoms with E-state index < -0.39 is 25.7 Å². The fourth-order valence-corrected chi connectivity index (χ4v) is 4.80. The highest BCUT2D eigenvalue weighted by molar-refractivity contribution is 7.92. The van der Waals surface area contributed by atoms with Gasteiger partial charge in [0.05, 0.1) is 15.5 Å². The summed E-state index contributed by atoms with van der Waals surface area (Å²) < 4.78 is 58.8. The van der Waals surface area contributed by atoms with Crippen molar-refractivity contribution in [1.29, 1.82) is 0 Å². The van der Waals surface area contributed by atoms with Crippen molar-refractivity contribution >= 4 is 36.7 Å². The van der Waals surface area contributed by atoms with Gasteiger partial charge in [-0.1, -0.05) is 6.07 Å². The first-order valence-corrected chi connectivity index (χ1v) is 11.0. The minimum Gasteiger partial charge on any atom is -0.423 e. The molecule has 0 aliphatic heterocycles. The normalized spacial score (nSPS) is 12.4. The van der Waals surface area contributed by atoms with Crippen LogP contribution in [0.25, 0.3) is 11.0 Å². The number of aryl methyl sites for hydroxylation is 1. The highest BCUT2D eigenvalue weighted by Crippen LogP contribution is 2.25. The molecule has 10 heteroatoms. The van der Waals surface area contributed by atoms with Crippen LogP contribution >= 0.6 is 0 Å². The van der Waals surface area contributed by atoms with Crippen molar-refractivity contribution in [2.24, 2.45) is 0 Å². The van der Waals surface area contributed by atoms with E-state index in [4.69, 9.17) is 4.42 Å². The second-order valence-electron chi connectivity index (χ2n) is 6.33. The molecular formula is C18H18N2O6S2. The SMILES string of the molecule is Cc1ccc(NS(=O)(=O)c2ccc3oc(=O)ccc3c2)cc1S(=O)(=O)N(C)C. The van der Waals surface area contributed by atoms with Gasteiger partial charge in [0.1, 0.15) is 5.58 Å². The third-order valence-corrected chi connectivity index (χ3v) is 7.44. The van der Waals surface area contributed by atoms with Crippen molar-refractivity contribution in [1.82, 2.24) is 4.31 Å². The van der Waals surface area contributed by atoms with Crippen molar-refractivity contribution in [2.75, 3.05) is 18.8 Å². The highest BCUT2D eigenvalue weighted by Gasteiger charge is 2.22. The molecule has 0 unspecified atom stereocenters. The first-order chi connectivity index (χ1) is 13.0. The third kappa shape index (κ3) is 3.79. The van der Waals surface area contributed by atoms with Crippen LogP contribution in [0.3, 0.4) is 0 Å². The van der Waals surface area contributed by atoms with Gasteiger partial charge < -0.3 is 4.42 Å². The molecule has 0 spiro atoms. The zero-order valence-corrected chi connectivity index (χ0v) is 17.0. The summed E-state index contributed by atoms with van der Waals surface area (Å²) in [5.41, 5.74) is 0.347. The van der Waals surface area contributed by atoms with Gasteiger partial charge in [0, 0.05) is 25.5 Å². The molecule has 3 aromatic rings. The molecule has 8 nitrogen and oxygen atoms in total. The zero-order valence-electron chi connectivity index (χ0n) is 15.3. The number of benzene rings is 2. The van der Waals surface area contributed by atoms with E-state index in [1.807, 2.05) is 0 Å². The summed E-state index contributed by atoms with van der Waals surface area (Å²) in [6, 6.07) is 11.0. The summed E-state index contributed by atoms with van der Waals surface area (Å²) in [6.07, 6.45) is 0. The first kappa shape index (κ1) is 20.1. The Morgan fingerprint density at radius 3 is 2.32 bits per heavy atom. The number of hydrogen-bond acceptors (Lipinski definition) is 6. The van der Waals surface area contributed by atoms with E-state index in [0.29, 0.717) is 10.9 Å². The Morgan fingerprint density at radius 1 is 0.929 bits per heavy atom. The van der Waals surface area contributed by atoms with Crippen molar-refractivity contribution in [2.45, 2.75) is 16.7 Å². The fraction of sp³-hybridized carbons (Fsp3) is 0.167. The Morgan fingerprint density at radius 2 is 1.64 bits per heavy atom. The lowest BCUT2D eigenvalue weighted by Gasteiger charge is -2.15. The predicted octanol–water partition coefficient (Wildman–Crippen LogP) is 2.15. The number of nitrogens with one attached hydrogen (secondary N) is 1. The van der Waals surface area contributed by atoms with Crippen molar-refractivity contribution in [3.63, 3.8) is 0 Å². The van der Waals surface area contributed by atoms with Crippen LogP contribution in [-0.4, -0.2) is 35.2 Å². The number of rotatable bonds is 5. The zero-order chi connectivity index (χ0) is 20.7. The lowest BCUT2D eigenvalue weighted by atomic mass is 10.2. The average Bonchev–Trinajstić information content (AvgIpc) is 2.62. The van der Waals surface area contributed by atoms with Crippen LogP contribution in [-0.2, 0) is 20.0 Å². The van der Waals surface area contributed by atoms with Gasteiger partial charge in [-0.3, -0.25) is 4.72 Å². The van der Waals surface area contributed by atoms with Gasteiger partial charge in [0.25, 0.3) is 10.0 Å². The molecule has 0 bridgehead atoms. The fourth-order valence-electron chi connectivity index (χ4n) is 2.57. The van der Waals surface area contributed by atoms with Crippen LogP contribution < -0.4 is 10.3 Å². The summed E-state index contributed by atoms with van der Waals surface area (Å²) in [4.78, 5) is 11.2. The quantitative estimate of drug-likeness (QED) is 0.630. The molecule has 0 aliphatic carbocycles. The van der Waals surface area contributed by atoms with Crippen LogP contribution in [0.4, 0.5) is 5.69 Å². The van der Waals surface area contributed by atoms with Gasteiger partial charge in [-0.25, -0.2) is 25.9 Å². The standard InChI is InChI=1S/C18H18N2O6S2/c1-12-4-6-14(11-17(12)28(24,25)20(2)3)19-27(22,23)15-7-8-16-13(10-15)5-9-18(21)26-16/h4-11,19H,1-3H3. The lowest BCUT2D eigenvalue weighted by molar-refractivity contribution is 0.520. The largest absolute Gasteiger partial charge is 0.423 e. The van der Waals surface area contributed by atoms with Gasteiger partial charge in [-0.2, -0.15) is 0 Å². The first-order valence-electron chi connectivity index (χ1n) is 8.11. The highest BCUT2D eigenvalue weighted by atomic mass is 32.2. The Kier molecular flexibility index (Phi) is 5.04. The number of sulfonamides is 2. The molecular weight excluding hydrogens is 404 g/mol. The minimum absolute atomic E-state index is 0.0120. The molecule has 148 valence electrons. The molecule has 0 aliphatic rings. The summed E-state index contributed by atoms with van der Waals surface area (Å²) >= 11 is 0. The second kappa shape index (κ2) is 7.04. The van der Waals surface area contributed by atoms with E-state index in [1.54, 1.807) is 6.92 Å². The number of anilines is 1. The Balaban J connectivity index is 2.01. The van der Waals surface area contributed by atoms with Crippen molar-refractivity contribution in [3.8, 4) is 0 Å². The van der Waals surface area contributed by atoms with E-state index in [2.05, 4.69) is 4.72 Å². The number of nitrogens with zero attached hydrogens (tertiary/aromatic N) is 1. The minimum atomic E-state index is -3.99. The second-order valence-corrected chi connectivity index (χ2v) is 10.1. The lowest BCUT2D eigenvalue weighted by Crippen LogP contribution is -2.23. The van der Waals surface area contributed by atoms with Crippen LogP contribution in [0, 0.1) is 6.92 Å². The molecule has 1 aromatic heterocycles. The van der Waals surface area contributed by atoms with Gasteiger partial charge in [-0.15, -0.1) is 0 Å². The van der Waals surface area contributed by atoms with E-state index in [-0.39, 0.29) is 21.1 Å². The molecule has 0 amide bonds. The maximum Gasteiger partial charge on any atom is 0.336 e. The molecule has 0 radical (unpaired) electrons. The van der Waals surface area contributed by atoms with E-state index >= 15 is 0 Å². The molecule has 2 aromatic carbocycles. The Bertz CT molecular complexity index is 1330. The van der Waals surface area contributed by atoms with Crippen LogP contribution in [0.1, 0.15) is 5.56 Å². The molecule has 1 heterocycles. The average molecular weight is 422 g/mol.